The molecule has 1 atom stereocenters. The van der Waals surface area contributed by atoms with Crippen LogP contribution >= 0.6 is 0 Å². The molecular weight excluding hydrogens is 396 g/mol. The third-order valence-electron chi connectivity index (χ3n) is 6.45. The summed E-state index contributed by atoms with van der Waals surface area (Å²) in [5.74, 6) is 0.900. The maximum atomic E-state index is 12.9. The minimum atomic E-state index is -2.46. The number of alkyl halides is 2. The molecule has 0 aliphatic carbocycles. The first-order valence-electron chi connectivity index (χ1n) is 11.0. The summed E-state index contributed by atoms with van der Waals surface area (Å²) < 4.78 is 34.7. The van der Waals surface area contributed by atoms with Gasteiger partial charge in [0.25, 0.3) is 6.43 Å². The Morgan fingerprint density at radius 1 is 1.00 bits per heavy atom. The minimum Gasteiger partial charge on any atom is -0.362 e. The Bertz CT molecular complexity index is 1040. The molecule has 162 valence electrons. The second-order valence-corrected chi connectivity index (χ2v) is 8.57. The average molecular weight is 424 g/mol. The number of piperidine rings is 1. The number of likely N-dealkylation sites (tertiary alicyclic amines) is 1. The van der Waals surface area contributed by atoms with Crippen LogP contribution in [0.5, 0.6) is 0 Å². The first kappa shape index (κ1) is 20.3. The zero-order valence-electron chi connectivity index (χ0n) is 17.7. The molecule has 0 N–H and O–H groups in total. The summed E-state index contributed by atoms with van der Waals surface area (Å²) in [5.41, 5.74) is 4.16. The summed E-state index contributed by atoms with van der Waals surface area (Å²) in [6, 6.07) is 14.9. The Hall–Kier alpha value is -2.57. The fourth-order valence-corrected chi connectivity index (χ4v) is 4.60. The molecule has 31 heavy (non-hydrogen) atoms. The monoisotopic (exact) mass is 423 g/mol. The van der Waals surface area contributed by atoms with Gasteiger partial charge in [-0.15, -0.1) is 0 Å². The molecule has 1 aromatic heterocycles. The van der Waals surface area contributed by atoms with E-state index in [1.54, 1.807) is 12.1 Å². The van der Waals surface area contributed by atoms with Crippen molar-refractivity contribution >= 4 is 0 Å². The summed E-state index contributed by atoms with van der Waals surface area (Å²) in [7, 11) is 2.15. The van der Waals surface area contributed by atoms with Gasteiger partial charge in [-0.25, -0.2) is 13.8 Å². The van der Waals surface area contributed by atoms with Gasteiger partial charge in [0, 0.05) is 37.0 Å². The van der Waals surface area contributed by atoms with Crippen LogP contribution in [-0.2, 0) is 17.7 Å². The lowest BCUT2D eigenvalue weighted by Crippen LogP contribution is -2.35. The smallest absolute Gasteiger partial charge is 0.263 e. The van der Waals surface area contributed by atoms with Gasteiger partial charge in [-0.3, -0.25) is 0 Å². The molecule has 6 heteroatoms. The molecule has 3 aromatic rings. The Morgan fingerprint density at radius 2 is 1.74 bits per heavy atom. The lowest BCUT2D eigenvalue weighted by Gasteiger charge is -2.32. The van der Waals surface area contributed by atoms with Gasteiger partial charge in [-0.2, -0.15) is 0 Å². The summed E-state index contributed by atoms with van der Waals surface area (Å²) in [6.07, 6.45) is 2.49. The first-order valence-corrected chi connectivity index (χ1v) is 11.0. The van der Waals surface area contributed by atoms with Crippen LogP contribution in [0.25, 0.3) is 11.3 Å². The Kier molecular flexibility index (Phi) is 5.59. The molecule has 5 rings (SSSR count). The first-order chi connectivity index (χ1) is 15.1. The molecule has 0 bridgehead atoms. The predicted octanol–water partition coefficient (Wildman–Crippen LogP) is 5.24. The standard InChI is InChI=1S/C25H27F2N3O/c1-29-13-11-20(12-14-29)31-23-21-5-3-2-4-17(21)10-15-30-16-22(28-25(23)30)18-6-8-19(9-7-18)24(26)27/h2-9,16,20,23-24H,10-15H2,1H3. The van der Waals surface area contributed by atoms with E-state index in [2.05, 4.69) is 40.8 Å². The highest BCUT2D eigenvalue weighted by Crippen LogP contribution is 2.36. The average Bonchev–Trinajstić information content (AvgIpc) is 3.16. The number of nitrogens with zero attached hydrogens (tertiary/aromatic N) is 3. The minimum absolute atomic E-state index is 0.0296. The largest absolute Gasteiger partial charge is 0.362 e. The molecule has 2 aliphatic heterocycles. The number of imidazole rings is 1. The van der Waals surface area contributed by atoms with E-state index in [1.807, 2.05) is 6.20 Å². The molecule has 4 nitrogen and oxygen atoms in total. The van der Waals surface area contributed by atoms with Crippen molar-refractivity contribution in [1.82, 2.24) is 14.5 Å². The normalized spacial score (nSPS) is 19.8. The third-order valence-corrected chi connectivity index (χ3v) is 6.45. The summed E-state index contributed by atoms with van der Waals surface area (Å²) in [6.45, 7) is 2.89. The predicted molar refractivity (Wildman–Crippen MR) is 116 cm³/mol. The fourth-order valence-electron chi connectivity index (χ4n) is 4.60. The van der Waals surface area contributed by atoms with Gasteiger partial charge in [0.15, 0.2) is 0 Å². The molecule has 0 spiro atoms. The van der Waals surface area contributed by atoms with E-state index in [-0.39, 0.29) is 17.8 Å². The molecule has 1 unspecified atom stereocenters. The van der Waals surface area contributed by atoms with Crippen LogP contribution in [0.2, 0.25) is 0 Å². The molecule has 3 heterocycles. The van der Waals surface area contributed by atoms with Crippen LogP contribution in [0.1, 0.15) is 47.9 Å². The molecule has 1 fully saturated rings. The zero-order chi connectivity index (χ0) is 21.4. The third kappa shape index (κ3) is 4.14. The van der Waals surface area contributed by atoms with Crippen molar-refractivity contribution in [3.63, 3.8) is 0 Å². The van der Waals surface area contributed by atoms with Crippen molar-refractivity contribution < 1.29 is 13.5 Å². The number of halogens is 2. The number of benzene rings is 2. The SMILES string of the molecule is CN1CCC(OC2c3ccccc3CCn3cc(-c4ccc(C(F)F)cc4)nc32)CC1. The molecular formula is C25H27F2N3O. The van der Waals surface area contributed by atoms with Crippen molar-refractivity contribution in [1.29, 1.82) is 0 Å². The maximum Gasteiger partial charge on any atom is 0.263 e. The Labute approximate surface area is 181 Å². The molecule has 2 aliphatic rings. The zero-order valence-corrected chi connectivity index (χ0v) is 17.7. The van der Waals surface area contributed by atoms with Gasteiger partial charge >= 0.3 is 0 Å². The second-order valence-electron chi connectivity index (χ2n) is 8.57. The van der Waals surface area contributed by atoms with E-state index in [4.69, 9.17) is 9.72 Å². The molecule has 1 saturated heterocycles. The van der Waals surface area contributed by atoms with Gasteiger partial charge in [0.1, 0.15) is 11.9 Å². The lowest BCUT2D eigenvalue weighted by atomic mass is 10.00. The molecule has 0 amide bonds. The van der Waals surface area contributed by atoms with E-state index in [1.165, 1.54) is 23.3 Å². The highest BCUT2D eigenvalue weighted by molar-refractivity contribution is 5.59. The van der Waals surface area contributed by atoms with Crippen LogP contribution in [-0.4, -0.2) is 40.7 Å². The highest BCUT2D eigenvalue weighted by atomic mass is 19.3. The van der Waals surface area contributed by atoms with Crippen LogP contribution < -0.4 is 0 Å². The van der Waals surface area contributed by atoms with Crippen LogP contribution in [0.4, 0.5) is 8.78 Å². The van der Waals surface area contributed by atoms with E-state index >= 15 is 0 Å². The van der Waals surface area contributed by atoms with Crippen molar-refractivity contribution in [2.24, 2.45) is 0 Å². The molecule has 0 radical (unpaired) electrons. The van der Waals surface area contributed by atoms with Gasteiger partial charge < -0.3 is 14.2 Å². The van der Waals surface area contributed by atoms with Crippen LogP contribution in [0, 0.1) is 0 Å². The molecule has 0 saturated carbocycles. The van der Waals surface area contributed by atoms with Gasteiger partial charge in [0.05, 0.1) is 11.8 Å². The van der Waals surface area contributed by atoms with Crippen LogP contribution in [0.15, 0.2) is 54.7 Å². The Morgan fingerprint density at radius 3 is 2.48 bits per heavy atom. The Balaban J connectivity index is 1.50. The summed E-state index contributed by atoms with van der Waals surface area (Å²) in [5, 5.41) is 0. The lowest BCUT2D eigenvalue weighted by molar-refractivity contribution is -0.0275. The number of aryl methyl sites for hydroxylation is 2. The van der Waals surface area contributed by atoms with E-state index in [9.17, 15) is 8.78 Å². The van der Waals surface area contributed by atoms with E-state index < -0.39 is 6.43 Å². The highest BCUT2D eigenvalue weighted by Gasteiger charge is 2.30. The second kappa shape index (κ2) is 8.52. The summed E-state index contributed by atoms with van der Waals surface area (Å²) >= 11 is 0. The van der Waals surface area contributed by atoms with E-state index in [0.29, 0.717) is 0 Å². The maximum absolute atomic E-state index is 12.9. The van der Waals surface area contributed by atoms with Crippen molar-refractivity contribution in [2.45, 2.75) is 44.4 Å². The van der Waals surface area contributed by atoms with Gasteiger partial charge in [-0.05, 0) is 37.4 Å². The number of hydrogen-bond acceptors (Lipinski definition) is 3. The number of hydrogen-bond donors (Lipinski definition) is 0. The van der Waals surface area contributed by atoms with Crippen molar-refractivity contribution in [2.75, 3.05) is 20.1 Å². The topological polar surface area (TPSA) is 30.3 Å². The van der Waals surface area contributed by atoms with E-state index in [0.717, 1.165) is 56.0 Å². The van der Waals surface area contributed by atoms with Crippen LogP contribution in [0.3, 0.4) is 0 Å². The number of ether oxygens (including phenoxy) is 1. The quantitative estimate of drug-likeness (QED) is 0.575. The fraction of sp³-hybridized carbons (Fsp3) is 0.400. The number of rotatable bonds is 4. The van der Waals surface area contributed by atoms with Crippen molar-refractivity contribution in [3.05, 3.63) is 77.2 Å². The number of fused-ring (bicyclic) bond motifs is 2. The number of aromatic nitrogens is 2. The van der Waals surface area contributed by atoms with Gasteiger partial charge in [-0.1, -0.05) is 48.5 Å². The van der Waals surface area contributed by atoms with Crippen molar-refractivity contribution in [3.8, 4) is 11.3 Å². The summed E-state index contributed by atoms with van der Waals surface area (Å²) in [4.78, 5) is 7.29. The van der Waals surface area contributed by atoms with Gasteiger partial charge in [0.2, 0.25) is 0 Å². The molecule has 2 aromatic carbocycles.